The molecule has 0 bridgehead atoms. The summed E-state index contributed by atoms with van der Waals surface area (Å²) < 4.78 is 1.09. The van der Waals surface area contributed by atoms with Crippen LogP contribution >= 0.6 is 27.5 Å². The molecule has 104 valence electrons. The molecule has 2 aromatic rings. The summed E-state index contributed by atoms with van der Waals surface area (Å²) in [5.74, 6) is 0.394. The van der Waals surface area contributed by atoms with Crippen LogP contribution in [0.15, 0.2) is 41.0 Å². The molecule has 0 aliphatic heterocycles. The van der Waals surface area contributed by atoms with Crippen LogP contribution in [-0.4, -0.2) is 12.0 Å². The van der Waals surface area contributed by atoms with Crippen LogP contribution in [0.25, 0.3) is 0 Å². The number of benzene rings is 1. The molecule has 2 nitrogen and oxygen atoms in total. The Morgan fingerprint density at radius 1 is 1.40 bits per heavy atom. The molecular weight excluding hydrogens is 336 g/mol. The highest BCUT2D eigenvalue weighted by Crippen LogP contribution is 2.42. The highest BCUT2D eigenvalue weighted by Gasteiger charge is 2.32. The number of rotatable bonds is 3. The van der Waals surface area contributed by atoms with Crippen LogP contribution in [0.4, 0.5) is 0 Å². The van der Waals surface area contributed by atoms with Gasteiger partial charge in [-0.15, -0.1) is 0 Å². The Balaban J connectivity index is 2.01. The fourth-order valence-electron chi connectivity index (χ4n) is 3.09. The smallest absolute Gasteiger partial charge is 0.0485 e. The first-order chi connectivity index (χ1) is 9.70. The average molecular weight is 352 g/mol. The first-order valence-electron chi connectivity index (χ1n) is 6.76. The van der Waals surface area contributed by atoms with Crippen LogP contribution in [0, 0.1) is 0 Å². The van der Waals surface area contributed by atoms with E-state index < -0.39 is 0 Å². The molecule has 2 unspecified atom stereocenters. The van der Waals surface area contributed by atoms with E-state index in [1.807, 2.05) is 37.5 Å². The molecule has 3 rings (SSSR count). The maximum Gasteiger partial charge on any atom is 0.0485 e. The van der Waals surface area contributed by atoms with Crippen molar-refractivity contribution in [3.63, 3.8) is 0 Å². The van der Waals surface area contributed by atoms with Crippen molar-refractivity contribution in [2.75, 3.05) is 7.05 Å². The summed E-state index contributed by atoms with van der Waals surface area (Å²) in [7, 11) is 2.00. The topological polar surface area (TPSA) is 24.9 Å². The SMILES string of the molecule is CNC(c1cc(Cl)ccc1Br)C1CCc2cccnc21. The van der Waals surface area contributed by atoms with Crippen LogP contribution in [0.2, 0.25) is 5.02 Å². The van der Waals surface area contributed by atoms with E-state index >= 15 is 0 Å². The van der Waals surface area contributed by atoms with Gasteiger partial charge in [0.1, 0.15) is 0 Å². The largest absolute Gasteiger partial charge is 0.312 e. The Morgan fingerprint density at radius 3 is 3.05 bits per heavy atom. The lowest BCUT2D eigenvalue weighted by molar-refractivity contribution is 0.468. The molecule has 0 radical (unpaired) electrons. The molecule has 0 amide bonds. The van der Waals surface area contributed by atoms with Gasteiger partial charge in [-0.05, 0) is 55.3 Å². The van der Waals surface area contributed by atoms with Crippen molar-refractivity contribution in [3.8, 4) is 0 Å². The van der Waals surface area contributed by atoms with Gasteiger partial charge >= 0.3 is 0 Å². The third-order valence-electron chi connectivity index (χ3n) is 4.01. The summed E-state index contributed by atoms with van der Waals surface area (Å²) in [4.78, 5) is 4.60. The number of aryl methyl sites for hydroxylation is 1. The summed E-state index contributed by atoms with van der Waals surface area (Å²) in [6.07, 6.45) is 4.11. The molecule has 0 fully saturated rings. The molecular formula is C16H16BrClN2. The van der Waals surface area contributed by atoms with Gasteiger partial charge < -0.3 is 5.32 Å². The van der Waals surface area contributed by atoms with Gasteiger partial charge in [-0.3, -0.25) is 4.98 Å². The van der Waals surface area contributed by atoms with E-state index in [0.717, 1.165) is 22.3 Å². The van der Waals surface area contributed by atoms with Gasteiger partial charge in [0.15, 0.2) is 0 Å². The predicted molar refractivity (Wildman–Crippen MR) is 86.3 cm³/mol. The van der Waals surface area contributed by atoms with Gasteiger partial charge in [0.05, 0.1) is 0 Å². The second-order valence-electron chi connectivity index (χ2n) is 5.13. The van der Waals surface area contributed by atoms with Crippen molar-refractivity contribution in [2.24, 2.45) is 0 Å². The summed E-state index contributed by atoms with van der Waals surface area (Å²) in [5.41, 5.74) is 3.79. The van der Waals surface area contributed by atoms with Crippen molar-refractivity contribution in [1.29, 1.82) is 0 Å². The zero-order valence-electron chi connectivity index (χ0n) is 11.2. The number of aromatic nitrogens is 1. The van der Waals surface area contributed by atoms with E-state index in [-0.39, 0.29) is 6.04 Å². The molecule has 20 heavy (non-hydrogen) atoms. The maximum atomic E-state index is 6.16. The molecule has 1 N–H and O–H groups in total. The molecule has 1 aliphatic carbocycles. The molecule has 1 aromatic heterocycles. The third-order valence-corrected chi connectivity index (χ3v) is 4.97. The second-order valence-corrected chi connectivity index (χ2v) is 6.42. The van der Waals surface area contributed by atoms with Gasteiger partial charge in [0.25, 0.3) is 0 Å². The Labute approximate surface area is 132 Å². The molecule has 1 aliphatic rings. The standard InChI is InChI=1S/C16H16BrClN2/c1-19-16(13-9-11(18)5-7-14(13)17)12-6-4-10-3-2-8-20-15(10)12/h2-3,5,7-9,12,16,19H,4,6H2,1H3. The van der Waals surface area contributed by atoms with Crippen LogP contribution in [-0.2, 0) is 6.42 Å². The van der Waals surface area contributed by atoms with Gasteiger partial charge in [-0.1, -0.05) is 33.6 Å². The monoisotopic (exact) mass is 350 g/mol. The predicted octanol–water partition coefficient (Wildman–Crippen LogP) is 4.49. The van der Waals surface area contributed by atoms with Gasteiger partial charge in [-0.2, -0.15) is 0 Å². The van der Waals surface area contributed by atoms with Crippen molar-refractivity contribution in [2.45, 2.75) is 24.8 Å². The lowest BCUT2D eigenvalue weighted by Crippen LogP contribution is -2.23. The Hall–Kier alpha value is -0.900. The average Bonchev–Trinajstić information content (AvgIpc) is 2.88. The van der Waals surface area contributed by atoms with Crippen LogP contribution < -0.4 is 5.32 Å². The number of likely N-dealkylation sites (N-methyl/N-ethyl adjacent to an activating group) is 1. The lowest BCUT2D eigenvalue weighted by Gasteiger charge is -2.25. The number of fused-ring (bicyclic) bond motifs is 1. The van der Waals surface area contributed by atoms with Crippen molar-refractivity contribution >= 4 is 27.5 Å². The number of hydrogen-bond acceptors (Lipinski definition) is 2. The summed E-state index contributed by atoms with van der Waals surface area (Å²) in [5, 5.41) is 4.21. The number of halogens is 2. The fourth-order valence-corrected chi connectivity index (χ4v) is 3.77. The highest BCUT2D eigenvalue weighted by molar-refractivity contribution is 9.10. The van der Waals surface area contributed by atoms with Crippen molar-refractivity contribution < 1.29 is 0 Å². The summed E-state index contributed by atoms with van der Waals surface area (Å²) >= 11 is 9.80. The van der Waals surface area contributed by atoms with E-state index in [1.54, 1.807) is 0 Å². The van der Waals surface area contributed by atoms with E-state index in [9.17, 15) is 0 Å². The Morgan fingerprint density at radius 2 is 2.25 bits per heavy atom. The minimum Gasteiger partial charge on any atom is -0.312 e. The van der Waals surface area contributed by atoms with Crippen LogP contribution in [0.5, 0.6) is 0 Å². The number of nitrogens with zero attached hydrogens (tertiary/aromatic N) is 1. The second kappa shape index (κ2) is 5.84. The first-order valence-corrected chi connectivity index (χ1v) is 7.94. The minimum atomic E-state index is 0.222. The number of pyridine rings is 1. The van der Waals surface area contributed by atoms with Crippen LogP contribution in [0.3, 0.4) is 0 Å². The zero-order valence-corrected chi connectivity index (χ0v) is 13.6. The first kappa shape index (κ1) is 14.1. The van der Waals surface area contributed by atoms with Gasteiger partial charge in [0.2, 0.25) is 0 Å². The molecule has 1 heterocycles. The van der Waals surface area contributed by atoms with Crippen LogP contribution in [0.1, 0.15) is 35.2 Å². The minimum absolute atomic E-state index is 0.222. The molecule has 0 spiro atoms. The van der Waals surface area contributed by atoms with Crippen molar-refractivity contribution in [3.05, 3.63) is 62.8 Å². The highest BCUT2D eigenvalue weighted by atomic mass is 79.9. The molecule has 2 atom stereocenters. The normalized spacial score (nSPS) is 18.9. The Kier molecular flexibility index (Phi) is 4.11. The lowest BCUT2D eigenvalue weighted by atomic mass is 9.91. The zero-order chi connectivity index (χ0) is 14.1. The number of nitrogens with one attached hydrogen (secondary N) is 1. The van der Waals surface area contributed by atoms with E-state index in [0.29, 0.717) is 5.92 Å². The molecule has 1 aromatic carbocycles. The maximum absolute atomic E-state index is 6.16. The van der Waals surface area contributed by atoms with E-state index in [4.69, 9.17) is 11.6 Å². The van der Waals surface area contributed by atoms with Gasteiger partial charge in [-0.25, -0.2) is 0 Å². The van der Waals surface area contributed by atoms with E-state index in [1.165, 1.54) is 16.8 Å². The molecule has 4 heteroatoms. The fraction of sp³-hybridized carbons (Fsp3) is 0.312. The molecule has 0 saturated carbocycles. The summed E-state index contributed by atoms with van der Waals surface area (Å²) in [6.45, 7) is 0. The van der Waals surface area contributed by atoms with E-state index in [2.05, 4.69) is 32.3 Å². The van der Waals surface area contributed by atoms with Crippen molar-refractivity contribution in [1.82, 2.24) is 10.3 Å². The third kappa shape index (κ3) is 2.50. The Bertz CT molecular complexity index is 630. The quantitative estimate of drug-likeness (QED) is 0.881. The summed E-state index contributed by atoms with van der Waals surface area (Å²) in [6, 6.07) is 10.4. The number of hydrogen-bond donors (Lipinski definition) is 1. The van der Waals surface area contributed by atoms with Gasteiger partial charge in [0, 0.05) is 33.3 Å². The molecule has 0 saturated heterocycles.